The maximum atomic E-state index is 5.97. The molecule has 0 aliphatic heterocycles. The van der Waals surface area contributed by atoms with Crippen LogP contribution in [0, 0.1) is 5.92 Å². The third-order valence-corrected chi connectivity index (χ3v) is 4.51. The molecule has 0 bridgehead atoms. The smallest absolute Gasteiger partial charge is 0.132 e. The van der Waals surface area contributed by atoms with Crippen molar-refractivity contribution in [2.45, 2.75) is 57.4 Å². The van der Waals surface area contributed by atoms with Gasteiger partial charge in [0.1, 0.15) is 12.1 Å². The summed E-state index contributed by atoms with van der Waals surface area (Å²) >= 11 is 0. The molecule has 2 aliphatic rings. The van der Waals surface area contributed by atoms with Gasteiger partial charge in [0, 0.05) is 23.8 Å². The van der Waals surface area contributed by atoms with E-state index in [2.05, 4.69) is 15.3 Å². The zero-order valence-electron chi connectivity index (χ0n) is 11.6. The molecule has 1 heterocycles. The third-order valence-electron chi connectivity index (χ3n) is 4.51. The van der Waals surface area contributed by atoms with Crippen molar-refractivity contribution >= 4 is 5.82 Å². The summed E-state index contributed by atoms with van der Waals surface area (Å²) < 4.78 is 0. The summed E-state index contributed by atoms with van der Waals surface area (Å²) in [6.07, 6.45) is 11.4. The second-order valence-corrected chi connectivity index (χ2v) is 6.03. The zero-order chi connectivity index (χ0) is 13.1. The van der Waals surface area contributed by atoms with Crippen LogP contribution in [0.25, 0.3) is 0 Å². The fourth-order valence-corrected chi connectivity index (χ4v) is 3.39. The molecular formula is C15H24N4. The molecule has 4 nitrogen and oxygen atoms in total. The van der Waals surface area contributed by atoms with Crippen LogP contribution in [-0.2, 0) is 12.8 Å². The number of nitrogens with zero attached hydrogens (tertiary/aromatic N) is 2. The fraction of sp³-hybridized carbons (Fsp3) is 0.733. The van der Waals surface area contributed by atoms with Crippen molar-refractivity contribution in [2.24, 2.45) is 11.7 Å². The maximum Gasteiger partial charge on any atom is 0.132 e. The molecule has 2 aliphatic carbocycles. The molecule has 104 valence electrons. The van der Waals surface area contributed by atoms with Crippen molar-refractivity contribution in [2.75, 3.05) is 11.9 Å². The topological polar surface area (TPSA) is 63.8 Å². The summed E-state index contributed by atoms with van der Waals surface area (Å²) in [6, 6.07) is 0.411. The lowest BCUT2D eigenvalue weighted by atomic mass is 10.1. The third kappa shape index (κ3) is 3.06. The molecular weight excluding hydrogens is 236 g/mol. The first-order chi connectivity index (χ1) is 9.33. The molecule has 0 saturated heterocycles. The SMILES string of the molecule is NC1CCC(CNc2ncnc3c2CCCCC3)C1. The van der Waals surface area contributed by atoms with E-state index in [1.807, 2.05) is 0 Å². The van der Waals surface area contributed by atoms with E-state index in [4.69, 9.17) is 5.73 Å². The highest BCUT2D eigenvalue weighted by atomic mass is 15.0. The Kier molecular flexibility index (Phi) is 3.97. The zero-order valence-corrected chi connectivity index (χ0v) is 11.6. The van der Waals surface area contributed by atoms with Gasteiger partial charge >= 0.3 is 0 Å². The molecule has 0 radical (unpaired) electrons. The number of fused-ring (bicyclic) bond motifs is 1. The summed E-state index contributed by atoms with van der Waals surface area (Å²) in [5, 5.41) is 3.56. The monoisotopic (exact) mass is 260 g/mol. The van der Waals surface area contributed by atoms with Crippen LogP contribution in [0.15, 0.2) is 6.33 Å². The lowest BCUT2D eigenvalue weighted by molar-refractivity contribution is 0.564. The largest absolute Gasteiger partial charge is 0.369 e. The summed E-state index contributed by atoms with van der Waals surface area (Å²) in [4.78, 5) is 8.92. The Labute approximate surface area is 115 Å². The molecule has 1 saturated carbocycles. The van der Waals surface area contributed by atoms with E-state index in [1.165, 1.54) is 43.4 Å². The van der Waals surface area contributed by atoms with E-state index in [0.717, 1.165) is 31.6 Å². The number of aromatic nitrogens is 2. The molecule has 1 aromatic heterocycles. The average Bonchev–Trinajstić information content (AvgIpc) is 2.69. The minimum Gasteiger partial charge on any atom is -0.369 e. The van der Waals surface area contributed by atoms with Gasteiger partial charge in [-0.05, 0) is 50.9 Å². The molecule has 2 unspecified atom stereocenters. The highest BCUT2D eigenvalue weighted by molar-refractivity contribution is 5.46. The van der Waals surface area contributed by atoms with Crippen LogP contribution >= 0.6 is 0 Å². The Balaban J connectivity index is 1.67. The summed E-state index contributed by atoms with van der Waals surface area (Å²) in [5.41, 5.74) is 8.60. The van der Waals surface area contributed by atoms with Crippen molar-refractivity contribution in [1.29, 1.82) is 0 Å². The normalized spacial score (nSPS) is 26.8. The molecule has 1 fully saturated rings. The van der Waals surface area contributed by atoms with Crippen molar-refractivity contribution in [3.8, 4) is 0 Å². The van der Waals surface area contributed by atoms with Gasteiger partial charge in [0.05, 0.1) is 0 Å². The lowest BCUT2D eigenvalue weighted by Crippen LogP contribution is -2.18. The Morgan fingerprint density at radius 2 is 2.05 bits per heavy atom. The van der Waals surface area contributed by atoms with Gasteiger partial charge in [-0.3, -0.25) is 0 Å². The molecule has 3 rings (SSSR count). The number of hydrogen-bond donors (Lipinski definition) is 2. The minimum atomic E-state index is 0.411. The molecule has 0 aromatic carbocycles. The predicted molar refractivity (Wildman–Crippen MR) is 77.1 cm³/mol. The molecule has 2 atom stereocenters. The van der Waals surface area contributed by atoms with Gasteiger partial charge in [0.2, 0.25) is 0 Å². The van der Waals surface area contributed by atoms with Crippen molar-refractivity contribution in [3.63, 3.8) is 0 Å². The van der Waals surface area contributed by atoms with Crippen molar-refractivity contribution in [3.05, 3.63) is 17.6 Å². The Morgan fingerprint density at radius 1 is 1.16 bits per heavy atom. The number of nitrogens with one attached hydrogen (secondary N) is 1. The second kappa shape index (κ2) is 5.87. The van der Waals surface area contributed by atoms with Gasteiger partial charge in [-0.1, -0.05) is 6.42 Å². The fourth-order valence-electron chi connectivity index (χ4n) is 3.39. The second-order valence-electron chi connectivity index (χ2n) is 6.03. The summed E-state index contributed by atoms with van der Waals surface area (Å²) in [5.74, 6) is 1.79. The van der Waals surface area contributed by atoms with Gasteiger partial charge in [-0.2, -0.15) is 0 Å². The average molecular weight is 260 g/mol. The Morgan fingerprint density at radius 3 is 2.89 bits per heavy atom. The molecule has 19 heavy (non-hydrogen) atoms. The number of hydrogen-bond acceptors (Lipinski definition) is 4. The quantitative estimate of drug-likeness (QED) is 0.818. The van der Waals surface area contributed by atoms with Crippen LogP contribution in [-0.4, -0.2) is 22.6 Å². The highest BCUT2D eigenvalue weighted by Gasteiger charge is 2.22. The van der Waals surface area contributed by atoms with Gasteiger partial charge in [-0.25, -0.2) is 9.97 Å². The van der Waals surface area contributed by atoms with E-state index in [0.29, 0.717) is 12.0 Å². The van der Waals surface area contributed by atoms with Gasteiger partial charge in [0.15, 0.2) is 0 Å². The van der Waals surface area contributed by atoms with Crippen LogP contribution in [0.5, 0.6) is 0 Å². The van der Waals surface area contributed by atoms with Crippen LogP contribution in [0.3, 0.4) is 0 Å². The number of anilines is 1. The first kappa shape index (κ1) is 12.9. The Hall–Kier alpha value is -1.16. The molecule has 0 amide bonds. The van der Waals surface area contributed by atoms with E-state index in [-0.39, 0.29) is 0 Å². The lowest BCUT2D eigenvalue weighted by Gasteiger charge is -2.15. The minimum absolute atomic E-state index is 0.411. The van der Waals surface area contributed by atoms with Crippen LogP contribution in [0.2, 0.25) is 0 Å². The standard InChI is InChI=1S/C15H24N4/c16-12-7-6-11(8-12)9-17-15-13-4-2-1-3-5-14(13)18-10-19-15/h10-12H,1-9,16H2,(H,17,18,19). The summed E-state index contributed by atoms with van der Waals surface area (Å²) in [7, 11) is 0. The first-order valence-electron chi connectivity index (χ1n) is 7.65. The van der Waals surface area contributed by atoms with E-state index >= 15 is 0 Å². The first-order valence-corrected chi connectivity index (χ1v) is 7.65. The highest BCUT2D eigenvalue weighted by Crippen LogP contribution is 2.27. The molecule has 4 heteroatoms. The van der Waals surface area contributed by atoms with E-state index in [9.17, 15) is 0 Å². The van der Waals surface area contributed by atoms with Gasteiger partial charge in [-0.15, -0.1) is 0 Å². The van der Waals surface area contributed by atoms with E-state index in [1.54, 1.807) is 6.33 Å². The number of nitrogens with two attached hydrogens (primary N) is 1. The molecule has 0 spiro atoms. The van der Waals surface area contributed by atoms with Crippen LogP contribution in [0.1, 0.15) is 49.8 Å². The molecule has 3 N–H and O–H groups in total. The number of aryl methyl sites for hydroxylation is 1. The van der Waals surface area contributed by atoms with Crippen molar-refractivity contribution < 1.29 is 0 Å². The summed E-state index contributed by atoms with van der Waals surface area (Å²) in [6.45, 7) is 1.01. The predicted octanol–water partition coefficient (Wildman–Crippen LogP) is 2.28. The number of rotatable bonds is 3. The maximum absolute atomic E-state index is 5.97. The van der Waals surface area contributed by atoms with E-state index < -0.39 is 0 Å². The van der Waals surface area contributed by atoms with Crippen LogP contribution in [0.4, 0.5) is 5.82 Å². The van der Waals surface area contributed by atoms with Gasteiger partial charge < -0.3 is 11.1 Å². The van der Waals surface area contributed by atoms with Crippen LogP contribution < -0.4 is 11.1 Å². The van der Waals surface area contributed by atoms with Crippen molar-refractivity contribution in [1.82, 2.24) is 9.97 Å². The van der Waals surface area contributed by atoms with Gasteiger partial charge in [0.25, 0.3) is 0 Å². The Bertz CT molecular complexity index is 432. The molecule has 1 aromatic rings.